The van der Waals surface area contributed by atoms with Crippen LogP contribution >= 0.6 is 0 Å². The molecule has 1 aromatic rings. The van der Waals surface area contributed by atoms with Gasteiger partial charge in [0.15, 0.2) is 11.6 Å². The fourth-order valence-electron chi connectivity index (χ4n) is 2.20. The maximum Gasteiger partial charge on any atom is 0.161 e. The molecule has 1 fully saturated rings. The van der Waals surface area contributed by atoms with Gasteiger partial charge in [-0.1, -0.05) is 0 Å². The summed E-state index contributed by atoms with van der Waals surface area (Å²) in [6.07, 6.45) is 2.01. The normalized spacial score (nSPS) is 20.7. The molecular weight excluding hydrogens is 257 g/mol. The Balaban J connectivity index is 2.05. The minimum absolute atomic E-state index is 0.0411. The van der Waals surface area contributed by atoms with Crippen molar-refractivity contribution in [3.05, 3.63) is 35.1 Å². The van der Waals surface area contributed by atoms with Crippen LogP contribution in [0.4, 0.5) is 13.2 Å². The summed E-state index contributed by atoms with van der Waals surface area (Å²) in [7, 11) is 0. The molecule has 1 saturated heterocycles. The van der Waals surface area contributed by atoms with Crippen LogP contribution in [-0.4, -0.2) is 25.8 Å². The molecular formula is C13H17F3N2O. The molecule has 0 radical (unpaired) electrons. The van der Waals surface area contributed by atoms with Crippen LogP contribution in [0.5, 0.6) is 0 Å². The average Bonchev–Trinajstić information content (AvgIpc) is 2.89. The molecule has 0 aromatic heterocycles. The maximum absolute atomic E-state index is 13.6. The highest BCUT2D eigenvalue weighted by atomic mass is 19.2. The van der Waals surface area contributed by atoms with Gasteiger partial charge < -0.3 is 15.8 Å². The number of ether oxygens (including phenoxy) is 1. The summed E-state index contributed by atoms with van der Waals surface area (Å²) in [5, 5.41) is 3.04. The second-order valence-electron chi connectivity index (χ2n) is 4.62. The highest BCUT2D eigenvalue weighted by Gasteiger charge is 2.21. The molecule has 0 amide bonds. The van der Waals surface area contributed by atoms with E-state index in [4.69, 9.17) is 10.5 Å². The predicted octanol–water partition coefficient (Wildman–Crippen LogP) is 1.87. The Morgan fingerprint density at radius 3 is 2.63 bits per heavy atom. The third-order valence-corrected chi connectivity index (χ3v) is 3.27. The molecule has 1 aliphatic rings. The van der Waals surface area contributed by atoms with Crippen molar-refractivity contribution >= 4 is 0 Å². The molecule has 0 bridgehead atoms. The predicted molar refractivity (Wildman–Crippen MR) is 65.1 cm³/mol. The molecule has 0 saturated carbocycles. The van der Waals surface area contributed by atoms with Crippen LogP contribution in [0.15, 0.2) is 12.1 Å². The van der Waals surface area contributed by atoms with Crippen molar-refractivity contribution < 1.29 is 17.9 Å². The van der Waals surface area contributed by atoms with Crippen molar-refractivity contribution in [2.75, 3.05) is 19.7 Å². The molecule has 19 heavy (non-hydrogen) atoms. The minimum Gasteiger partial charge on any atom is -0.377 e. The standard InChI is InChI=1S/C13H17F3N2O/c14-10-5-12(16)11(15)4-9(10)13(6-17)18-7-8-2-1-3-19-8/h4-5,8,13,18H,1-3,6-7,17H2. The van der Waals surface area contributed by atoms with E-state index in [9.17, 15) is 13.2 Å². The summed E-state index contributed by atoms with van der Waals surface area (Å²) < 4.78 is 45.1. The van der Waals surface area contributed by atoms with Crippen LogP contribution in [0.2, 0.25) is 0 Å². The fourth-order valence-corrected chi connectivity index (χ4v) is 2.20. The van der Waals surface area contributed by atoms with E-state index in [1.807, 2.05) is 0 Å². The Morgan fingerprint density at radius 2 is 2.00 bits per heavy atom. The lowest BCUT2D eigenvalue weighted by atomic mass is 10.1. The van der Waals surface area contributed by atoms with E-state index in [1.54, 1.807) is 0 Å². The van der Waals surface area contributed by atoms with E-state index < -0.39 is 23.5 Å². The molecule has 1 aliphatic heterocycles. The highest BCUT2D eigenvalue weighted by Crippen LogP contribution is 2.20. The van der Waals surface area contributed by atoms with Crippen molar-refractivity contribution in [1.82, 2.24) is 5.32 Å². The quantitative estimate of drug-likeness (QED) is 0.806. The zero-order valence-corrected chi connectivity index (χ0v) is 10.5. The van der Waals surface area contributed by atoms with E-state index in [0.717, 1.165) is 25.5 Å². The van der Waals surface area contributed by atoms with E-state index in [2.05, 4.69) is 5.32 Å². The van der Waals surface area contributed by atoms with Gasteiger partial charge in [0.1, 0.15) is 5.82 Å². The van der Waals surface area contributed by atoms with Gasteiger partial charge in [-0.15, -0.1) is 0 Å². The third-order valence-electron chi connectivity index (χ3n) is 3.27. The van der Waals surface area contributed by atoms with Gasteiger partial charge in [-0.3, -0.25) is 0 Å². The van der Waals surface area contributed by atoms with Crippen LogP contribution < -0.4 is 11.1 Å². The highest BCUT2D eigenvalue weighted by molar-refractivity contribution is 5.23. The Labute approximate surface area is 109 Å². The molecule has 3 nitrogen and oxygen atoms in total. The van der Waals surface area contributed by atoms with Crippen LogP contribution in [-0.2, 0) is 4.74 Å². The first kappa shape index (κ1) is 14.3. The van der Waals surface area contributed by atoms with Crippen molar-refractivity contribution in [3.8, 4) is 0 Å². The van der Waals surface area contributed by atoms with Gasteiger partial charge in [-0.25, -0.2) is 13.2 Å². The number of hydrogen-bond donors (Lipinski definition) is 2. The smallest absolute Gasteiger partial charge is 0.161 e. The zero-order valence-electron chi connectivity index (χ0n) is 10.5. The zero-order chi connectivity index (χ0) is 13.8. The maximum atomic E-state index is 13.6. The first-order valence-corrected chi connectivity index (χ1v) is 6.31. The van der Waals surface area contributed by atoms with Gasteiger partial charge in [0.2, 0.25) is 0 Å². The molecule has 0 spiro atoms. The Bertz CT molecular complexity index is 436. The topological polar surface area (TPSA) is 47.3 Å². The van der Waals surface area contributed by atoms with Gasteiger partial charge in [0.25, 0.3) is 0 Å². The molecule has 2 unspecified atom stereocenters. The lowest BCUT2D eigenvalue weighted by Gasteiger charge is -2.20. The third kappa shape index (κ3) is 3.46. The molecule has 1 aromatic carbocycles. The largest absolute Gasteiger partial charge is 0.377 e. The number of benzene rings is 1. The van der Waals surface area contributed by atoms with E-state index in [1.165, 1.54) is 0 Å². The second kappa shape index (κ2) is 6.36. The first-order chi connectivity index (χ1) is 9.11. The number of nitrogens with one attached hydrogen (secondary N) is 1. The SMILES string of the molecule is NCC(NCC1CCCO1)c1cc(F)c(F)cc1F. The Morgan fingerprint density at radius 1 is 1.26 bits per heavy atom. The lowest BCUT2D eigenvalue weighted by Crippen LogP contribution is -2.34. The van der Waals surface area contributed by atoms with Gasteiger partial charge >= 0.3 is 0 Å². The van der Waals surface area contributed by atoms with Crippen molar-refractivity contribution in [3.63, 3.8) is 0 Å². The van der Waals surface area contributed by atoms with E-state index >= 15 is 0 Å². The van der Waals surface area contributed by atoms with Crippen LogP contribution in [0.25, 0.3) is 0 Å². The van der Waals surface area contributed by atoms with Crippen LogP contribution in [0.1, 0.15) is 24.4 Å². The number of nitrogens with two attached hydrogens (primary N) is 1. The lowest BCUT2D eigenvalue weighted by molar-refractivity contribution is 0.107. The van der Waals surface area contributed by atoms with Crippen LogP contribution in [0, 0.1) is 17.5 Å². The summed E-state index contributed by atoms with van der Waals surface area (Å²) >= 11 is 0. The van der Waals surface area contributed by atoms with Crippen molar-refractivity contribution in [2.45, 2.75) is 25.0 Å². The molecule has 2 atom stereocenters. The molecule has 2 rings (SSSR count). The molecule has 6 heteroatoms. The second-order valence-corrected chi connectivity index (χ2v) is 4.62. The summed E-state index contributed by atoms with van der Waals surface area (Å²) in [6.45, 7) is 1.33. The van der Waals surface area contributed by atoms with Crippen molar-refractivity contribution in [1.29, 1.82) is 0 Å². The summed E-state index contributed by atoms with van der Waals surface area (Å²) in [5.74, 6) is -3.07. The van der Waals surface area contributed by atoms with E-state index in [0.29, 0.717) is 12.6 Å². The van der Waals surface area contributed by atoms with Gasteiger partial charge in [-0.05, 0) is 18.9 Å². The molecule has 0 aliphatic carbocycles. The Hall–Kier alpha value is -1.11. The van der Waals surface area contributed by atoms with Gasteiger partial charge in [0, 0.05) is 37.4 Å². The van der Waals surface area contributed by atoms with E-state index in [-0.39, 0.29) is 18.2 Å². The van der Waals surface area contributed by atoms with Crippen LogP contribution in [0.3, 0.4) is 0 Å². The first-order valence-electron chi connectivity index (χ1n) is 6.31. The fraction of sp³-hybridized carbons (Fsp3) is 0.538. The van der Waals surface area contributed by atoms with Gasteiger partial charge in [-0.2, -0.15) is 0 Å². The Kier molecular flexibility index (Phi) is 4.79. The summed E-state index contributed by atoms with van der Waals surface area (Å²) in [5.41, 5.74) is 5.60. The van der Waals surface area contributed by atoms with Gasteiger partial charge in [0.05, 0.1) is 6.10 Å². The summed E-state index contributed by atoms with van der Waals surface area (Å²) in [4.78, 5) is 0. The summed E-state index contributed by atoms with van der Waals surface area (Å²) in [6, 6.07) is 0.838. The molecule has 3 N–H and O–H groups in total. The number of rotatable bonds is 5. The van der Waals surface area contributed by atoms with Crippen molar-refractivity contribution in [2.24, 2.45) is 5.73 Å². The number of hydrogen-bond acceptors (Lipinski definition) is 3. The minimum atomic E-state index is -1.20. The molecule has 106 valence electrons. The monoisotopic (exact) mass is 274 g/mol. The average molecular weight is 274 g/mol. The number of halogens is 3. The molecule has 1 heterocycles.